The summed E-state index contributed by atoms with van der Waals surface area (Å²) in [5.74, 6) is 0.958. The molecule has 0 atom stereocenters. The van der Waals surface area contributed by atoms with Gasteiger partial charge in [-0.05, 0) is 43.6 Å². The van der Waals surface area contributed by atoms with Crippen LogP contribution in [0.1, 0.15) is 12.8 Å². The van der Waals surface area contributed by atoms with Crippen LogP contribution in [-0.2, 0) is 0 Å². The molecule has 1 aliphatic heterocycles. The van der Waals surface area contributed by atoms with Gasteiger partial charge in [0.05, 0.1) is 7.11 Å². The van der Waals surface area contributed by atoms with Gasteiger partial charge in [0.2, 0.25) is 0 Å². The minimum absolute atomic E-state index is 0.0720. The number of nitrogens with two attached hydrogens (primary N) is 1. The van der Waals surface area contributed by atoms with Crippen molar-refractivity contribution in [3.05, 3.63) is 30.3 Å². The molecule has 1 saturated heterocycles. The number of urea groups is 1. The Hall–Kier alpha value is -2.78. The van der Waals surface area contributed by atoms with E-state index in [1.165, 1.54) is 11.3 Å². The van der Waals surface area contributed by atoms with Gasteiger partial charge >= 0.3 is 12.1 Å². The number of piperidine rings is 1. The fraction of sp³-hybridized carbons (Fsp3) is 0.333. The van der Waals surface area contributed by atoms with Crippen molar-refractivity contribution in [3.8, 4) is 21.9 Å². The molecule has 27 heavy (non-hydrogen) atoms. The lowest BCUT2D eigenvalue weighted by Gasteiger charge is -2.23. The second kappa shape index (κ2) is 8.74. The van der Waals surface area contributed by atoms with Gasteiger partial charge in [-0.15, -0.1) is 11.3 Å². The second-order valence-electron chi connectivity index (χ2n) is 6.08. The van der Waals surface area contributed by atoms with Gasteiger partial charge in [0.15, 0.2) is 5.75 Å². The summed E-state index contributed by atoms with van der Waals surface area (Å²) >= 11 is 1.27. The van der Waals surface area contributed by atoms with E-state index < -0.39 is 12.1 Å². The SMILES string of the molecule is COc1cccc(-c2cc(OC(=O)NC3CCNCC3)c(NC(N)=O)s2)c1. The van der Waals surface area contributed by atoms with Crippen LogP contribution >= 0.6 is 11.3 Å². The molecule has 1 aromatic heterocycles. The van der Waals surface area contributed by atoms with Gasteiger partial charge < -0.3 is 25.8 Å². The van der Waals surface area contributed by atoms with Crippen molar-refractivity contribution in [1.29, 1.82) is 0 Å². The third-order valence-corrected chi connectivity index (χ3v) is 5.23. The largest absolute Gasteiger partial charge is 0.497 e. The van der Waals surface area contributed by atoms with Crippen LogP contribution in [0.25, 0.3) is 10.4 Å². The van der Waals surface area contributed by atoms with E-state index in [4.69, 9.17) is 15.2 Å². The lowest BCUT2D eigenvalue weighted by molar-refractivity contribution is 0.193. The van der Waals surface area contributed by atoms with Crippen LogP contribution in [-0.4, -0.2) is 38.4 Å². The Morgan fingerprint density at radius 3 is 2.74 bits per heavy atom. The first-order chi connectivity index (χ1) is 13.0. The molecule has 9 heteroatoms. The number of nitrogens with one attached hydrogen (secondary N) is 3. The quantitative estimate of drug-likeness (QED) is 0.627. The van der Waals surface area contributed by atoms with Crippen LogP contribution < -0.4 is 31.2 Å². The number of thiophene rings is 1. The maximum atomic E-state index is 12.3. The molecule has 0 spiro atoms. The van der Waals surface area contributed by atoms with Gasteiger partial charge in [0.1, 0.15) is 10.8 Å². The van der Waals surface area contributed by atoms with Crippen LogP contribution in [0.15, 0.2) is 30.3 Å². The van der Waals surface area contributed by atoms with Crippen molar-refractivity contribution in [1.82, 2.24) is 10.6 Å². The van der Waals surface area contributed by atoms with Crippen molar-refractivity contribution in [2.24, 2.45) is 5.73 Å². The number of hydrogen-bond acceptors (Lipinski definition) is 6. The van der Waals surface area contributed by atoms with Gasteiger partial charge in [-0.2, -0.15) is 0 Å². The Labute approximate surface area is 161 Å². The van der Waals surface area contributed by atoms with Crippen LogP contribution in [0.2, 0.25) is 0 Å². The smallest absolute Gasteiger partial charge is 0.412 e. The molecule has 1 aliphatic rings. The van der Waals surface area contributed by atoms with Gasteiger partial charge in [-0.1, -0.05) is 12.1 Å². The predicted octanol–water partition coefficient (Wildman–Crippen LogP) is 2.75. The average Bonchev–Trinajstić information content (AvgIpc) is 3.04. The first-order valence-electron chi connectivity index (χ1n) is 8.59. The van der Waals surface area contributed by atoms with E-state index in [2.05, 4.69) is 16.0 Å². The highest BCUT2D eigenvalue weighted by atomic mass is 32.1. The Kier molecular flexibility index (Phi) is 6.15. The summed E-state index contributed by atoms with van der Waals surface area (Å²) in [7, 11) is 1.59. The molecule has 1 fully saturated rings. The molecule has 144 valence electrons. The molecule has 5 N–H and O–H groups in total. The Balaban J connectivity index is 1.78. The molecule has 8 nitrogen and oxygen atoms in total. The number of hydrogen-bond donors (Lipinski definition) is 4. The van der Waals surface area contributed by atoms with E-state index in [9.17, 15) is 9.59 Å². The topological polar surface area (TPSA) is 115 Å². The normalized spacial score (nSPS) is 14.4. The number of primary amides is 1. The number of carbonyl (C=O) groups is 2. The molecule has 0 bridgehead atoms. The Morgan fingerprint density at radius 1 is 1.26 bits per heavy atom. The molecule has 2 heterocycles. The van der Waals surface area contributed by atoms with Gasteiger partial charge in [-0.25, -0.2) is 9.59 Å². The van der Waals surface area contributed by atoms with E-state index in [0.717, 1.165) is 36.4 Å². The zero-order valence-electron chi connectivity index (χ0n) is 14.9. The van der Waals surface area contributed by atoms with Gasteiger partial charge in [0, 0.05) is 17.0 Å². The summed E-state index contributed by atoms with van der Waals surface area (Å²) < 4.78 is 10.7. The minimum Gasteiger partial charge on any atom is -0.497 e. The number of benzene rings is 1. The van der Waals surface area contributed by atoms with Gasteiger partial charge in [0.25, 0.3) is 0 Å². The van der Waals surface area contributed by atoms with E-state index in [1.807, 2.05) is 24.3 Å². The Bertz CT molecular complexity index is 817. The zero-order chi connectivity index (χ0) is 19.2. The maximum Gasteiger partial charge on any atom is 0.412 e. The monoisotopic (exact) mass is 390 g/mol. The third-order valence-electron chi connectivity index (χ3n) is 4.15. The van der Waals surface area contributed by atoms with Crippen molar-refractivity contribution < 1.29 is 19.1 Å². The number of rotatable bonds is 5. The average molecular weight is 390 g/mol. The predicted molar refractivity (Wildman–Crippen MR) is 105 cm³/mol. The van der Waals surface area contributed by atoms with Gasteiger partial charge in [-0.3, -0.25) is 5.32 Å². The fourth-order valence-corrected chi connectivity index (χ4v) is 3.81. The summed E-state index contributed by atoms with van der Waals surface area (Å²) in [4.78, 5) is 24.4. The second-order valence-corrected chi connectivity index (χ2v) is 7.14. The molecular weight excluding hydrogens is 368 g/mol. The highest BCUT2D eigenvalue weighted by molar-refractivity contribution is 7.20. The molecule has 1 aromatic carbocycles. The van der Waals surface area contributed by atoms with E-state index in [0.29, 0.717) is 10.8 Å². The number of anilines is 1. The van der Waals surface area contributed by atoms with Crippen LogP contribution in [0.4, 0.5) is 14.6 Å². The van der Waals surface area contributed by atoms with E-state index in [-0.39, 0.29) is 11.8 Å². The van der Waals surface area contributed by atoms with Crippen molar-refractivity contribution in [2.45, 2.75) is 18.9 Å². The zero-order valence-corrected chi connectivity index (χ0v) is 15.7. The summed E-state index contributed by atoms with van der Waals surface area (Å²) in [5, 5.41) is 8.98. The van der Waals surface area contributed by atoms with Crippen LogP contribution in [0.5, 0.6) is 11.5 Å². The molecular formula is C18H22N4O4S. The molecule has 0 radical (unpaired) electrons. The van der Waals surface area contributed by atoms with Crippen LogP contribution in [0, 0.1) is 0 Å². The van der Waals surface area contributed by atoms with Crippen molar-refractivity contribution in [3.63, 3.8) is 0 Å². The summed E-state index contributed by atoms with van der Waals surface area (Å²) in [5.41, 5.74) is 6.12. The molecule has 0 aliphatic carbocycles. The van der Waals surface area contributed by atoms with Crippen molar-refractivity contribution >= 4 is 28.5 Å². The fourth-order valence-electron chi connectivity index (χ4n) is 2.83. The molecule has 3 amide bonds. The molecule has 0 unspecified atom stereocenters. The molecule has 2 aromatic rings. The minimum atomic E-state index is -0.724. The maximum absolute atomic E-state index is 12.3. The summed E-state index contributed by atoms with van der Waals surface area (Å²) in [6.45, 7) is 1.72. The number of methoxy groups -OCH3 is 1. The molecule has 3 rings (SSSR count). The number of ether oxygens (including phenoxy) is 2. The van der Waals surface area contributed by atoms with E-state index >= 15 is 0 Å². The lowest BCUT2D eigenvalue weighted by Crippen LogP contribution is -2.43. The highest BCUT2D eigenvalue weighted by Crippen LogP contribution is 2.41. The summed E-state index contributed by atoms with van der Waals surface area (Å²) in [6.07, 6.45) is 1.14. The standard InChI is InChI=1S/C18H22N4O4S/c1-25-13-4-2-3-11(9-13)15-10-14(16(27-15)22-17(19)23)26-18(24)21-12-5-7-20-8-6-12/h2-4,9-10,12,20H,5-8H2,1H3,(H,21,24)(H3,19,22,23). The first kappa shape index (κ1) is 19.0. The summed E-state index contributed by atoms with van der Waals surface area (Å²) in [6, 6.07) is 8.51. The highest BCUT2D eigenvalue weighted by Gasteiger charge is 2.20. The first-order valence-corrected chi connectivity index (χ1v) is 9.40. The lowest BCUT2D eigenvalue weighted by atomic mass is 10.1. The third kappa shape index (κ3) is 5.11. The van der Waals surface area contributed by atoms with Crippen LogP contribution in [0.3, 0.4) is 0 Å². The molecule has 0 saturated carbocycles. The Morgan fingerprint density at radius 2 is 2.04 bits per heavy atom. The number of carbonyl (C=O) groups excluding carboxylic acids is 2. The van der Waals surface area contributed by atoms with Crippen molar-refractivity contribution in [2.75, 3.05) is 25.5 Å². The number of amides is 3. The van der Waals surface area contributed by atoms with E-state index in [1.54, 1.807) is 13.2 Å².